The minimum atomic E-state index is -0.0527. The minimum Gasteiger partial charge on any atom is -0.357 e. The van der Waals surface area contributed by atoms with Crippen molar-refractivity contribution >= 4 is 24.5 Å². The molecule has 0 atom stereocenters. The van der Waals surface area contributed by atoms with Crippen LogP contribution in [0.5, 0.6) is 0 Å². The normalized spacial score (nSPS) is 14.7. The predicted molar refractivity (Wildman–Crippen MR) is 271 cm³/mol. The molecule has 0 amide bonds. The number of aliphatic imine (C=N–C) groups is 1. The fraction of sp³-hybridized carbons (Fsp3) is 0.339. The van der Waals surface area contributed by atoms with Gasteiger partial charge in [-0.25, -0.2) is 4.99 Å². The summed E-state index contributed by atoms with van der Waals surface area (Å²) in [4.78, 5) is 5.63. The average Bonchev–Trinajstić information content (AvgIpc) is 3.83. The number of hydrogen-bond donors (Lipinski definition) is 0. The van der Waals surface area contributed by atoms with E-state index in [0.717, 1.165) is 75.0 Å². The lowest BCUT2D eigenvalue weighted by atomic mass is 9.84. The molecule has 0 unspecified atom stereocenters. The number of rotatable bonds is 7. The van der Waals surface area contributed by atoms with Gasteiger partial charge in [-0.05, 0) is 89.3 Å². The van der Waals surface area contributed by atoms with Crippen LogP contribution in [0.3, 0.4) is 0 Å². The lowest BCUT2D eigenvalue weighted by Gasteiger charge is -2.22. The fourth-order valence-electron chi connectivity index (χ4n) is 8.40. The fourth-order valence-corrected chi connectivity index (χ4v) is 8.40. The van der Waals surface area contributed by atoms with Crippen LogP contribution in [-0.4, -0.2) is 17.9 Å². The van der Waals surface area contributed by atoms with Gasteiger partial charge in [-0.1, -0.05) is 225 Å². The summed E-state index contributed by atoms with van der Waals surface area (Å²) in [6.07, 6.45) is 2.23. The van der Waals surface area contributed by atoms with Crippen molar-refractivity contribution in [3.63, 3.8) is 0 Å². The molecule has 5 aromatic carbocycles. The molecule has 0 saturated heterocycles. The maximum atomic E-state index is 16.4. The van der Waals surface area contributed by atoms with E-state index in [-0.39, 0.29) is 27.1 Å². The highest BCUT2D eigenvalue weighted by Gasteiger charge is 2.31. The summed E-state index contributed by atoms with van der Waals surface area (Å²) >= 11 is 0. The quantitative estimate of drug-likeness (QED) is 0.143. The van der Waals surface area contributed by atoms with E-state index in [1.807, 2.05) is 0 Å². The maximum Gasteiger partial charge on any atom is 0.495 e. The van der Waals surface area contributed by atoms with Crippen LogP contribution in [0.4, 0.5) is 4.32 Å². The van der Waals surface area contributed by atoms with E-state index >= 15 is 4.32 Å². The van der Waals surface area contributed by atoms with Crippen LogP contribution in [0.2, 0.25) is 0 Å². The second kappa shape index (κ2) is 16.6. The van der Waals surface area contributed by atoms with Crippen LogP contribution in [0.1, 0.15) is 154 Å². The summed E-state index contributed by atoms with van der Waals surface area (Å²) in [5.74, 6) is 0. The molecule has 0 N–H and O–H groups in total. The molecular formula is C59H67BFN2. The number of nitrogens with zero attached hydrogens (tertiary/aromatic N) is 2. The molecule has 2 heterocycles. The van der Waals surface area contributed by atoms with Gasteiger partial charge >= 0.3 is 7.69 Å². The van der Waals surface area contributed by atoms with Crippen LogP contribution in [0.25, 0.3) is 33.5 Å². The Bertz CT molecular complexity index is 2690. The number of allylic oxidation sites excluding steroid dienone is 2. The summed E-state index contributed by atoms with van der Waals surface area (Å²) in [6.45, 7) is 33.5. The van der Waals surface area contributed by atoms with E-state index < -0.39 is 0 Å². The minimum absolute atomic E-state index is 0.00556. The van der Waals surface area contributed by atoms with Crippen molar-refractivity contribution in [1.29, 1.82) is 0 Å². The Kier molecular flexibility index (Phi) is 12.0. The summed E-state index contributed by atoms with van der Waals surface area (Å²) in [6, 6.07) is 46.2. The summed E-state index contributed by atoms with van der Waals surface area (Å²) in [7, 11) is 0.742. The molecule has 6 aromatic rings. The van der Waals surface area contributed by atoms with Gasteiger partial charge < -0.3 is 8.79 Å². The molecule has 323 valence electrons. The Hall–Kier alpha value is -5.48. The van der Waals surface area contributed by atoms with E-state index in [2.05, 4.69) is 237 Å². The highest BCUT2D eigenvalue weighted by molar-refractivity contribution is 6.28. The lowest BCUT2D eigenvalue weighted by molar-refractivity contribution is 0.590. The Morgan fingerprint density at radius 1 is 0.444 bits per heavy atom. The number of hydrogen-bond acceptors (Lipinski definition) is 1. The van der Waals surface area contributed by atoms with E-state index in [1.54, 1.807) is 4.48 Å². The van der Waals surface area contributed by atoms with Gasteiger partial charge in [0.25, 0.3) is 0 Å². The third kappa shape index (κ3) is 9.57. The van der Waals surface area contributed by atoms with Crippen LogP contribution in [0.15, 0.2) is 144 Å². The van der Waals surface area contributed by atoms with Gasteiger partial charge in [0.05, 0.1) is 11.4 Å². The molecule has 0 aliphatic carbocycles. The van der Waals surface area contributed by atoms with Gasteiger partial charge in [-0.15, -0.1) is 0 Å². The smallest absolute Gasteiger partial charge is 0.357 e. The first kappa shape index (κ1) is 45.5. The van der Waals surface area contributed by atoms with Gasteiger partial charge in [0.15, 0.2) is 0 Å². The van der Waals surface area contributed by atoms with Crippen LogP contribution in [-0.2, 0) is 27.1 Å². The second-order valence-electron chi connectivity index (χ2n) is 22.7. The molecule has 7 rings (SSSR count). The monoisotopic (exact) mass is 834 g/mol. The molecule has 1 radical (unpaired) electrons. The molecule has 1 aromatic heterocycles. The second-order valence-corrected chi connectivity index (χ2v) is 22.7. The zero-order valence-corrected chi connectivity index (χ0v) is 40.6. The molecule has 4 heteroatoms. The third-order valence-corrected chi connectivity index (χ3v) is 12.6. The zero-order chi connectivity index (χ0) is 45.9. The Morgan fingerprint density at radius 2 is 0.794 bits per heavy atom. The van der Waals surface area contributed by atoms with E-state index in [0.29, 0.717) is 0 Å². The molecule has 2 nitrogen and oxygen atoms in total. The van der Waals surface area contributed by atoms with Gasteiger partial charge in [0.2, 0.25) is 0 Å². The van der Waals surface area contributed by atoms with Crippen molar-refractivity contribution in [3.8, 4) is 22.4 Å². The highest BCUT2D eigenvalue weighted by Crippen LogP contribution is 2.46. The van der Waals surface area contributed by atoms with E-state index in [9.17, 15) is 0 Å². The SMILES string of the molecule is CC(C)(C)c1ccc(C2=CC(c3ccc(C(C)(C)C)cc3)=N/C2=C(/c2ccc(C(C)(C)C)cc2)c2c(-c3ccc(C(C)(C)C)cc3)cc(-c3ccc(C(C)(C)C)cc3)n2[B]F)cc1. The average molecular weight is 834 g/mol. The van der Waals surface area contributed by atoms with Crippen molar-refractivity contribution in [1.82, 2.24) is 4.48 Å². The lowest BCUT2D eigenvalue weighted by Crippen LogP contribution is -2.12. The molecule has 0 fully saturated rings. The van der Waals surface area contributed by atoms with E-state index in [4.69, 9.17) is 4.99 Å². The van der Waals surface area contributed by atoms with Crippen LogP contribution in [0, 0.1) is 0 Å². The largest absolute Gasteiger partial charge is 0.495 e. The van der Waals surface area contributed by atoms with Gasteiger partial charge in [0.1, 0.15) is 0 Å². The first-order chi connectivity index (χ1) is 29.3. The van der Waals surface area contributed by atoms with Gasteiger partial charge in [0, 0.05) is 33.7 Å². The Morgan fingerprint density at radius 3 is 1.17 bits per heavy atom. The summed E-state index contributed by atoms with van der Waals surface area (Å²) < 4.78 is 18.1. The Labute approximate surface area is 379 Å². The maximum absolute atomic E-state index is 16.4. The first-order valence-corrected chi connectivity index (χ1v) is 22.6. The zero-order valence-electron chi connectivity index (χ0n) is 40.6. The van der Waals surface area contributed by atoms with Crippen molar-refractivity contribution in [2.24, 2.45) is 4.99 Å². The molecule has 0 spiro atoms. The standard InChI is InChI=1S/C59H67BFN2/c1-55(2,3)43-26-16-38(17-27-43)48-36-50(40-20-30-45(31-21-40)57(7,8)9)62-53(48)52(42-24-34-47(35-25-42)59(13,14)15)54-49(39-18-28-44(29-19-39)56(4,5)6)37-51(63(54)60-61)41-22-32-46(33-23-41)58(10,11)12/h16-37H,1-15H3/b53-52-. The topological polar surface area (TPSA) is 17.3 Å². The van der Waals surface area contributed by atoms with Crippen LogP contribution >= 0.6 is 0 Å². The first-order valence-electron chi connectivity index (χ1n) is 22.6. The van der Waals surface area contributed by atoms with Crippen molar-refractivity contribution in [3.05, 3.63) is 189 Å². The van der Waals surface area contributed by atoms with Crippen molar-refractivity contribution in [2.45, 2.75) is 131 Å². The molecule has 0 saturated carbocycles. The summed E-state index contributed by atoms with van der Waals surface area (Å²) in [5.41, 5.74) is 17.1. The molecule has 63 heavy (non-hydrogen) atoms. The molecule has 1 aliphatic rings. The number of halogens is 1. The molecular weight excluding hydrogens is 766 g/mol. The van der Waals surface area contributed by atoms with Crippen molar-refractivity contribution in [2.75, 3.05) is 0 Å². The van der Waals surface area contributed by atoms with Crippen LogP contribution < -0.4 is 0 Å². The van der Waals surface area contributed by atoms with Gasteiger partial charge in [-0.2, -0.15) is 0 Å². The molecule has 0 bridgehead atoms. The summed E-state index contributed by atoms with van der Waals surface area (Å²) in [5, 5.41) is 0. The predicted octanol–water partition coefficient (Wildman–Crippen LogP) is 16.0. The van der Waals surface area contributed by atoms with E-state index in [1.165, 1.54) is 27.8 Å². The Balaban J connectivity index is 1.60. The van der Waals surface area contributed by atoms with Crippen molar-refractivity contribution < 1.29 is 4.32 Å². The molecule has 1 aliphatic heterocycles. The third-order valence-electron chi connectivity index (χ3n) is 12.6. The highest BCUT2D eigenvalue weighted by atomic mass is 19.1. The van der Waals surface area contributed by atoms with Gasteiger partial charge in [-0.3, -0.25) is 0 Å². The number of benzene rings is 5. The number of aromatic nitrogens is 1.